The van der Waals surface area contributed by atoms with Crippen LogP contribution in [0.4, 0.5) is 20.2 Å². The number of non-ortho nitro benzene ring substituents is 2. The first-order valence-corrected chi connectivity index (χ1v) is 13.6. The van der Waals surface area contributed by atoms with E-state index in [0.717, 1.165) is 48.5 Å². The Morgan fingerprint density at radius 3 is 1.77 bits per heavy atom. The minimum absolute atomic E-state index is 0.0982. The third-order valence-electron chi connectivity index (χ3n) is 6.05. The summed E-state index contributed by atoms with van der Waals surface area (Å²) in [7, 11) is -5.18. The van der Waals surface area contributed by atoms with Gasteiger partial charge in [0.15, 0.2) is 12.4 Å². The molecule has 44 heavy (non-hydrogen) atoms. The summed E-state index contributed by atoms with van der Waals surface area (Å²) in [6.45, 7) is -0.129. The lowest BCUT2D eigenvalue weighted by atomic mass is 10.0. The van der Waals surface area contributed by atoms with E-state index < -0.39 is 73.8 Å². The minimum Gasteiger partial charge on any atom is -0.382 e. The number of nitro groups is 2. The van der Waals surface area contributed by atoms with Gasteiger partial charge < -0.3 is 29.0 Å². The molecule has 3 rings (SSSR count). The quantitative estimate of drug-likeness (QED) is 0.0995. The van der Waals surface area contributed by atoms with E-state index in [9.17, 15) is 48.8 Å². The van der Waals surface area contributed by atoms with E-state index in [0.29, 0.717) is 5.56 Å². The van der Waals surface area contributed by atoms with Gasteiger partial charge >= 0.3 is 22.0 Å². The van der Waals surface area contributed by atoms with Crippen LogP contribution < -0.4 is 0 Å². The summed E-state index contributed by atoms with van der Waals surface area (Å²) in [6.07, 6.45) is -5.93. The molecule has 0 aliphatic carbocycles. The van der Waals surface area contributed by atoms with E-state index >= 15 is 8.78 Å². The van der Waals surface area contributed by atoms with Crippen LogP contribution in [0.2, 0.25) is 0 Å². The number of halogens is 2. The number of carbonyl (C=O) groups is 1. The summed E-state index contributed by atoms with van der Waals surface area (Å²) in [5.41, 5.74) is -0.0663. The largest absolute Gasteiger partial charge is 0.399 e. The Balaban J connectivity index is 1.88. The Labute approximate surface area is 247 Å². The monoisotopic (exact) mass is 642 g/mol. The molecular weight excluding hydrogens is 618 g/mol. The molecule has 18 heteroatoms. The first kappa shape index (κ1) is 34.0. The third-order valence-corrected chi connectivity index (χ3v) is 7.27. The maximum absolute atomic E-state index is 15.5. The molecule has 0 radical (unpaired) electrons. The number of rotatable bonds is 14. The van der Waals surface area contributed by atoms with Crippen molar-refractivity contribution in [2.75, 3.05) is 0 Å². The third kappa shape index (κ3) is 7.73. The highest BCUT2D eigenvalue weighted by Gasteiger charge is 2.67. The lowest BCUT2D eigenvalue weighted by molar-refractivity contribution is -0.385. The topological polar surface area (TPSA) is 226 Å². The number of ether oxygens (including phenoxy) is 2. The Bertz CT molecular complexity index is 1600. The van der Waals surface area contributed by atoms with E-state index in [1.165, 1.54) is 24.3 Å². The molecule has 0 fully saturated rings. The lowest BCUT2D eigenvalue weighted by Gasteiger charge is -2.38. The van der Waals surface area contributed by atoms with Crippen LogP contribution in [0.3, 0.4) is 0 Å². The fraction of sp³-hybridized carbons (Fsp3) is 0.269. The molecule has 0 heterocycles. The average molecular weight is 643 g/mol. The Hall–Kier alpha value is -4.46. The summed E-state index contributed by atoms with van der Waals surface area (Å²) in [4.78, 5) is 32.0. The molecule has 0 aromatic heterocycles. The molecule has 236 valence electrons. The number of nitrogens with zero attached hydrogens (tertiary/aromatic N) is 2. The van der Waals surface area contributed by atoms with Gasteiger partial charge in [-0.15, -0.1) is 0 Å². The van der Waals surface area contributed by atoms with Gasteiger partial charge in [-0.25, -0.2) is 4.79 Å². The molecule has 1 unspecified atom stereocenters. The number of benzene rings is 3. The van der Waals surface area contributed by atoms with Crippen LogP contribution in [0.15, 0.2) is 77.7 Å². The molecule has 3 aromatic rings. The zero-order valence-electron chi connectivity index (χ0n) is 22.5. The first-order valence-electron chi connectivity index (χ1n) is 12.2. The van der Waals surface area contributed by atoms with Gasteiger partial charge in [0.25, 0.3) is 17.2 Å². The number of alkyl halides is 2. The smallest absolute Gasteiger partial charge is 0.382 e. The predicted octanol–water partition coefficient (Wildman–Crippen LogP) is 2.48. The molecule has 0 amide bonds. The van der Waals surface area contributed by atoms with Gasteiger partial charge in [0.05, 0.1) is 23.1 Å². The number of aliphatic hydroxyl groups is 3. The van der Waals surface area contributed by atoms with Crippen LogP contribution >= 0.6 is 0 Å². The minimum atomic E-state index is -5.41. The highest BCUT2D eigenvalue weighted by atomic mass is 32.2. The fourth-order valence-corrected chi connectivity index (χ4v) is 4.37. The average Bonchev–Trinajstić information content (AvgIpc) is 2.98. The van der Waals surface area contributed by atoms with E-state index in [4.69, 9.17) is 9.47 Å². The summed E-state index contributed by atoms with van der Waals surface area (Å²) in [5, 5.41) is 53.5. The number of hydrogen-bond donors (Lipinski definition) is 3. The van der Waals surface area contributed by atoms with Gasteiger partial charge in [-0.3, -0.25) is 20.2 Å². The number of nitro benzene ring substituents is 2. The summed E-state index contributed by atoms with van der Waals surface area (Å²) >= 11 is 0. The molecule has 0 saturated carbocycles. The highest BCUT2D eigenvalue weighted by molar-refractivity contribution is 7.87. The van der Waals surface area contributed by atoms with Crippen molar-refractivity contribution in [1.82, 2.24) is 0 Å². The van der Waals surface area contributed by atoms with Crippen molar-refractivity contribution in [2.24, 2.45) is 0 Å². The van der Waals surface area contributed by atoms with Crippen LogP contribution in [-0.4, -0.2) is 63.7 Å². The van der Waals surface area contributed by atoms with Crippen molar-refractivity contribution in [3.05, 3.63) is 110 Å². The van der Waals surface area contributed by atoms with Gasteiger partial charge in [-0.05, 0) is 54.4 Å². The molecule has 15 nitrogen and oxygen atoms in total. The van der Waals surface area contributed by atoms with Crippen LogP contribution in [-0.2, 0) is 41.8 Å². The van der Waals surface area contributed by atoms with E-state index in [-0.39, 0.29) is 16.8 Å². The van der Waals surface area contributed by atoms with Crippen LogP contribution in [0.1, 0.15) is 16.7 Å². The number of hydrogen-bond acceptors (Lipinski definition) is 13. The second-order valence-electron chi connectivity index (χ2n) is 9.19. The Kier molecular flexibility index (Phi) is 10.4. The van der Waals surface area contributed by atoms with Crippen LogP contribution in [0, 0.1) is 27.2 Å². The molecule has 3 atom stereocenters. The summed E-state index contributed by atoms with van der Waals surface area (Å²) < 4.78 is 69.8. The van der Waals surface area contributed by atoms with Crippen molar-refractivity contribution >= 4 is 27.5 Å². The number of aryl methyl sites for hydroxylation is 1. The van der Waals surface area contributed by atoms with Crippen molar-refractivity contribution in [2.45, 2.75) is 49.1 Å². The van der Waals surface area contributed by atoms with Crippen LogP contribution in [0.5, 0.6) is 0 Å². The van der Waals surface area contributed by atoms with Gasteiger partial charge in [-0.2, -0.15) is 17.2 Å². The Morgan fingerprint density at radius 2 is 1.32 bits per heavy atom. The zero-order valence-corrected chi connectivity index (χ0v) is 23.3. The van der Waals surface area contributed by atoms with Crippen molar-refractivity contribution < 1.29 is 60.8 Å². The van der Waals surface area contributed by atoms with Crippen LogP contribution in [0.25, 0.3) is 0 Å². The molecule has 3 N–H and O–H groups in total. The highest BCUT2D eigenvalue weighted by Crippen LogP contribution is 2.38. The van der Waals surface area contributed by atoms with Crippen molar-refractivity contribution in [3.8, 4) is 0 Å². The normalized spacial score (nSPS) is 14.7. The molecule has 0 spiro atoms. The standard InChI is InChI=1S/C26H24F2N2O13S/c1-16-2-12-21(13-3-16)44(39,40)43-24(33)25(27,28)26(34,42-15-18-6-10-20(11-7-18)30(37)38)22(31)23(32)41-14-17-4-8-19(9-5-17)29(35)36/h2-13,22-23,31-32,34H,14-15H2,1H3/t22-,23?,26+/m1/s1. The SMILES string of the molecule is Cc1ccc(S(=O)(=O)OC(=O)C(F)(F)[C@@](O)(OCc2ccc([N+](=O)[O-])cc2)[C@H](O)C(O)OCc2ccc([N+](=O)[O-])cc2)cc1. The molecule has 0 aliphatic rings. The predicted molar refractivity (Wildman–Crippen MR) is 142 cm³/mol. The molecule has 3 aromatic carbocycles. The van der Waals surface area contributed by atoms with E-state index in [1.54, 1.807) is 6.92 Å². The van der Waals surface area contributed by atoms with E-state index in [1.807, 2.05) is 0 Å². The second-order valence-corrected chi connectivity index (χ2v) is 10.7. The molecular formula is C26H24F2N2O13S. The first-order chi connectivity index (χ1) is 20.5. The second kappa shape index (κ2) is 13.5. The maximum atomic E-state index is 15.5. The number of carbonyl (C=O) groups excluding carboxylic acids is 1. The van der Waals surface area contributed by atoms with Gasteiger partial charge in [0.2, 0.25) is 0 Å². The Morgan fingerprint density at radius 1 is 0.864 bits per heavy atom. The molecule has 0 bridgehead atoms. The van der Waals surface area contributed by atoms with Gasteiger partial charge in [0.1, 0.15) is 4.90 Å². The van der Waals surface area contributed by atoms with Gasteiger partial charge in [0, 0.05) is 24.3 Å². The molecule has 0 saturated heterocycles. The number of aliphatic hydroxyl groups excluding tert-OH is 2. The van der Waals surface area contributed by atoms with Crippen molar-refractivity contribution in [3.63, 3.8) is 0 Å². The van der Waals surface area contributed by atoms with E-state index in [2.05, 4.69) is 4.18 Å². The summed E-state index contributed by atoms with van der Waals surface area (Å²) in [5.74, 6) is -12.7. The van der Waals surface area contributed by atoms with Gasteiger partial charge in [-0.1, -0.05) is 17.7 Å². The fourth-order valence-electron chi connectivity index (χ4n) is 3.50. The summed E-state index contributed by atoms with van der Waals surface area (Å²) in [6, 6.07) is 12.9. The lowest BCUT2D eigenvalue weighted by Crippen LogP contribution is -2.65. The zero-order chi connectivity index (χ0) is 32.9. The molecule has 0 aliphatic heterocycles. The maximum Gasteiger partial charge on any atom is 0.399 e. The van der Waals surface area contributed by atoms with Crippen molar-refractivity contribution in [1.29, 1.82) is 0 Å².